The van der Waals surface area contributed by atoms with Crippen molar-refractivity contribution in [1.82, 2.24) is 16.9 Å². The molecule has 0 aliphatic carbocycles. The molecule has 1 unspecified atom stereocenters. The highest BCUT2D eigenvalue weighted by Gasteiger charge is 1.84. The van der Waals surface area contributed by atoms with Gasteiger partial charge in [-0.1, -0.05) is 11.3 Å². The summed E-state index contributed by atoms with van der Waals surface area (Å²) in [6.45, 7) is 0. The van der Waals surface area contributed by atoms with Crippen LogP contribution in [0, 0.1) is 0 Å². The van der Waals surface area contributed by atoms with Crippen LogP contribution in [0.5, 0.6) is 0 Å². The molecule has 0 aromatic heterocycles. The molecule has 0 heterocycles. The Labute approximate surface area is 66.0 Å². The summed E-state index contributed by atoms with van der Waals surface area (Å²) in [6, 6.07) is 0. The second kappa shape index (κ2) is 10.2. The van der Waals surface area contributed by atoms with Crippen LogP contribution in [0.25, 0.3) is 0 Å². The summed E-state index contributed by atoms with van der Waals surface area (Å²) in [5.41, 5.74) is 5.76. The predicted octanol–water partition coefficient (Wildman–Crippen LogP) is -1.45. The van der Waals surface area contributed by atoms with Crippen molar-refractivity contribution in [2.24, 2.45) is 0 Å². The SMILES string of the molecule is [B]OPONONONOC. The highest BCUT2D eigenvalue weighted by Crippen LogP contribution is 2.05. The van der Waals surface area contributed by atoms with Crippen molar-refractivity contribution in [1.29, 1.82) is 0 Å². The van der Waals surface area contributed by atoms with Crippen LogP contribution in [0.4, 0.5) is 0 Å². The minimum atomic E-state index is -0.378. The highest BCUT2D eigenvalue weighted by molar-refractivity contribution is 7.27. The van der Waals surface area contributed by atoms with E-state index >= 15 is 0 Å². The highest BCUT2D eigenvalue weighted by atomic mass is 31.1. The molecule has 11 heavy (non-hydrogen) atoms. The van der Waals surface area contributed by atoms with E-state index < -0.39 is 0 Å². The third-order valence-electron chi connectivity index (χ3n) is 0.381. The lowest BCUT2D eigenvalue weighted by Gasteiger charge is -2.04. The van der Waals surface area contributed by atoms with Gasteiger partial charge in [-0.05, 0) is 5.64 Å². The molecule has 0 saturated heterocycles. The van der Waals surface area contributed by atoms with Gasteiger partial charge in [0.15, 0.2) is 9.03 Å². The zero-order valence-corrected chi connectivity index (χ0v) is 6.62. The van der Waals surface area contributed by atoms with Crippen molar-refractivity contribution in [3.05, 3.63) is 0 Å². The van der Waals surface area contributed by atoms with Crippen LogP contribution in [0.15, 0.2) is 0 Å². The van der Waals surface area contributed by atoms with Crippen LogP contribution in [0.2, 0.25) is 0 Å². The van der Waals surface area contributed by atoms with Gasteiger partial charge in [0.2, 0.25) is 0 Å². The quantitative estimate of drug-likeness (QED) is 0.182. The minimum absolute atomic E-state index is 0.378. The molecule has 0 aromatic carbocycles. The summed E-state index contributed by atoms with van der Waals surface area (Å²) in [6.07, 6.45) is 0. The lowest BCUT2D eigenvalue weighted by Crippen LogP contribution is -2.30. The molecule has 10 heteroatoms. The predicted molar refractivity (Wildman–Crippen MR) is 34.8 cm³/mol. The van der Waals surface area contributed by atoms with E-state index in [2.05, 4.69) is 31.8 Å². The first-order valence-corrected chi connectivity index (χ1v) is 3.09. The molecular formula is CH7BN3O5P. The number of rotatable bonds is 8. The van der Waals surface area contributed by atoms with Crippen molar-refractivity contribution in [2.45, 2.75) is 0 Å². The van der Waals surface area contributed by atoms with E-state index in [0.29, 0.717) is 0 Å². The fraction of sp³-hybridized carbons (Fsp3) is 1.00. The van der Waals surface area contributed by atoms with Gasteiger partial charge in [-0.2, -0.15) is 9.88 Å². The fourth-order valence-electron chi connectivity index (χ4n) is 0.158. The van der Waals surface area contributed by atoms with Crippen LogP contribution < -0.4 is 16.9 Å². The summed E-state index contributed by atoms with van der Waals surface area (Å²) in [7, 11) is 5.58. The smallest absolute Gasteiger partial charge is 0.291 e. The Balaban J connectivity index is 2.69. The van der Waals surface area contributed by atoms with E-state index in [-0.39, 0.29) is 9.03 Å². The van der Waals surface area contributed by atoms with Crippen molar-refractivity contribution < 1.29 is 23.8 Å². The molecule has 0 rings (SSSR count). The van der Waals surface area contributed by atoms with Crippen LogP contribution in [0.1, 0.15) is 0 Å². The Morgan fingerprint density at radius 3 is 2.55 bits per heavy atom. The van der Waals surface area contributed by atoms with Gasteiger partial charge in [-0.3, -0.25) is 4.84 Å². The molecule has 0 aliphatic rings. The molecule has 0 saturated carbocycles. The van der Waals surface area contributed by atoms with Gasteiger partial charge in [0.1, 0.15) is 0 Å². The van der Waals surface area contributed by atoms with Crippen LogP contribution in [0.3, 0.4) is 0 Å². The maximum absolute atomic E-state index is 4.60. The number of nitrogens with one attached hydrogen (secondary N) is 3. The van der Waals surface area contributed by atoms with Crippen LogP contribution in [-0.2, 0) is 23.8 Å². The van der Waals surface area contributed by atoms with Crippen molar-refractivity contribution in [3.8, 4) is 0 Å². The summed E-state index contributed by atoms with van der Waals surface area (Å²) in [5, 5.41) is 0. The standard InChI is InChI=1S/CH7BN3O5P/c1-6-3-8-4-9-5-10-11-7-2/h3-5,11H,1H3. The molecule has 0 bridgehead atoms. The van der Waals surface area contributed by atoms with E-state index in [4.69, 9.17) is 0 Å². The second-order valence-electron chi connectivity index (χ2n) is 0.961. The first-order valence-electron chi connectivity index (χ1n) is 2.28. The minimum Gasteiger partial charge on any atom is -0.409 e. The van der Waals surface area contributed by atoms with Crippen molar-refractivity contribution in [2.75, 3.05) is 7.11 Å². The normalized spacial score (nSPS) is 11.4. The van der Waals surface area contributed by atoms with E-state index in [0.717, 1.165) is 0 Å². The van der Waals surface area contributed by atoms with Gasteiger partial charge in [0.05, 0.1) is 7.11 Å². The monoisotopic (exact) mass is 183 g/mol. The van der Waals surface area contributed by atoms with E-state index in [1.54, 1.807) is 0 Å². The Hall–Kier alpha value is 0.175. The van der Waals surface area contributed by atoms with Crippen LogP contribution >= 0.6 is 9.03 Å². The Morgan fingerprint density at radius 1 is 1.18 bits per heavy atom. The fourth-order valence-corrected chi connectivity index (χ4v) is 0.282. The Morgan fingerprint density at radius 2 is 1.91 bits per heavy atom. The van der Waals surface area contributed by atoms with Gasteiger partial charge >= 0.3 is 0 Å². The molecule has 0 aromatic rings. The number of hydrogen-bond acceptors (Lipinski definition) is 8. The average molecular weight is 183 g/mol. The summed E-state index contributed by atoms with van der Waals surface area (Å²) >= 11 is 0. The van der Waals surface area contributed by atoms with Crippen molar-refractivity contribution >= 4 is 17.1 Å². The van der Waals surface area contributed by atoms with E-state index in [1.165, 1.54) is 7.11 Å². The van der Waals surface area contributed by atoms with E-state index in [9.17, 15) is 0 Å². The van der Waals surface area contributed by atoms with Gasteiger partial charge in [-0.15, -0.1) is 0 Å². The molecule has 64 valence electrons. The van der Waals surface area contributed by atoms with Gasteiger partial charge in [-0.25, -0.2) is 4.62 Å². The zero-order valence-electron chi connectivity index (χ0n) is 5.62. The first-order chi connectivity index (χ1) is 5.41. The molecule has 1 atom stereocenters. The summed E-state index contributed by atoms with van der Waals surface area (Å²) in [5.74, 6) is 0. The summed E-state index contributed by atoms with van der Waals surface area (Å²) < 4.78 is 8.38. The average Bonchev–Trinajstić information content (AvgIpc) is 2.03. The molecule has 3 N–H and O–H groups in total. The second-order valence-corrected chi connectivity index (χ2v) is 1.57. The molecule has 8 nitrogen and oxygen atoms in total. The molecule has 0 fully saturated rings. The largest absolute Gasteiger partial charge is 0.409 e. The molecule has 0 spiro atoms. The lowest BCUT2D eigenvalue weighted by atomic mass is 10.6. The third-order valence-corrected chi connectivity index (χ3v) is 0.644. The Kier molecular flexibility index (Phi) is 10.3. The molecule has 2 radical (unpaired) electrons. The topological polar surface area (TPSA) is 82.2 Å². The Bertz CT molecular complexity index is 70.7. The number of hydrogen-bond donors (Lipinski definition) is 3. The van der Waals surface area contributed by atoms with Gasteiger partial charge < -0.3 is 4.44 Å². The van der Waals surface area contributed by atoms with Gasteiger partial charge in [0, 0.05) is 0 Å². The van der Waals surface area contributed by atoms with Crippen molar-refractivity contribution in [3.63, 3.8) is 0 Å². The molecule has 0 aliphatic heterocycles. The zero-order chi connectivity index (χ0) is 8.36. The first kappa shape index (κ1) is 11.2. The lowest BCUT2D eigenvalue weighted by molar-refractivity contribution is -0.325. The maximum Gasteiger partial charge on any atom is 0.291 e. The third kappa shape index (κ3) is 10.2. The van der Waals surface area contributed by atoms with E-state index in [1.807, 2.05) is 16.9 Å². The molecule has 0 amide bonds. The van der Waals surface area contributed by atoms with Crippen LogP contribution in [-0.4, -0.2) is 15.2 Å². The maximum atomic E-state index is 4.60. The molecular weight excluding hydrogens is 176 g/mol. The summed E-state index contributed by atoms with van der Waals surface area (Å²) in [4.78, 5) is 12.7. The van der Waals surface area contributed by atoms with Gasteiger partial charge in [0.25, 0.3) is 8.05 Å².